The van der Waals surface area contributed by atoms with Gasteiger partial charge in [0.1, 0.15) is 0 Å². The Morgan fingerprint density at radius 1 is 0.919 bits per heavy atom. The third-order valence-corrected chi connectivity index (χ3v) is 8.84. The van der Waals surface area contributed by atoms with Crippen LogP contribution < -0.4 is 4.90 Å². The molecular formula is C29H32N4O3S. The van der Waals surface area contributed by atoms with E-state index in [1.807, 2.05) is 67.5 Å². The molecule has 0 aliphatic carbocycles. The van der Waals surface area contributed by atoms with E-state index in [1.165, 1.54) is 5.56 Å². The van der Waals surface area contributed by atoms with E-state index in [2.05, 4.69) is 28.2 Å². The van der Waals surface area contributed by atoms with Gasteiger partial charge < -0.3 is 14.3 Å². The predicted octanol–water partition coefficient (Wildman–Crippen LogP) is 4.49. The highest BCUT2D eigenvalue weighted by atomic mass is 32.2. The molecule has 37 heavy (non-hydrogen) atoms. The number of likely N-dealkylation sites (N-methyl/N-ethyl adjacent to an activating group) is 1. The Bertz CT molecular complexity index is 1500. The van der Waals surface area contributed by atoms with Crippen molar-refractivity contribution in [2.24, 2.45) is 0 Å². The summed E-state index contributed by atoms with van der Waals surface area (Å²) in [6, 6.07) is 20.9. The third-order valence-electron chi connectivity index (χ3n) is 7.04. The topological polar surface area (TPSA) is 79.5 Å². The molecule has 5 rings (SSSR count). The minimum atomic E-state index is -3.75. The Balaban J connectivity index is 1.55. The standard InChI is InChI=1S/C29H32N4O3S/c1-20-30-29(31-36-20)28(21-8-6-5-7-9-21)22-10-12-25(13-11-22)37(34,35)27-19-24-15-17-33(4)16-14-23(24)18-26(27)32(2)3/h5-13,18-19,28H,14-17H2,1-4H3. The molecule has 4 aromatic rings. The van der Waals surface area contributed by atoms with Crippen molar-refractivity contribution in [1.29, 1.82) is 0 Å². The first-order valence-electron chi connectivity index (χ1n) is 12.5. The molecule has 2 heterocycles. The van der Waals surface area contributed by atoms with Crippen LogP contribution in [0.25, 0.3) is 0 Å². The average Bonchev–Trinajstić information content (AvgIpc) is 3.23. The maximum absolute atomic E-state index is 13.9. The van der Waals surface area contributed by atoms with Crippen molar-refractivity contribution >= 4 is 15.5 Å². The second-order valence-electron chi connectivity index (χ2n) is 9.87. The summed E-state index contributed by atoms with van der Waals surface area (Å²) in [5, 5.41) is 4.16. The maximum Gasteiger partial charge on any atom is 0.223 e. The van der Waals surface area contributed by atoms with Crippen LogP contribution >= 0.6 is 0 Å². The summed E-state index contributed by atoms with van der Waals surface area (Å²) in [6.07, 6.45) is 1.75. The van der Waals surface area contributed by atoms with Gasteiger partial charge in [0.25, 0.3) is 0 Å². The highest BCUT2D eigenvalue weighted by Crippen LogP contribution is 2.35. The van der Waals surface area contributed by atoms with Crippen LogP contribution in [0.5, 0.6) is 0 Å². The van der Waals surface area contributed by atoms with E-state index in [0.29, 0.717) is 16.6 Å². The van der Waals surface area contributed by atoms with E-state index in [1.54, 1.807) is 19.1 Å². The first-order valence-corrected chi connectivity index (χ1v) is 13.9. The molecule has 1 unspecified atom stereocenters. The number of nitrogens with zero attached hydrogens (tertiary/aromatic N) is 4. The molecule has 0 radical (unpaired) electrons. The predicted molar refractivity (Wildman–Crippen MR) is 144 cm³/mol. The number of aromatic nitrogens is 2. The number of anilines is 1. The molecule has 0 saturated carbocycles. The lowest BCUT2D eigenvalue weighted by Gasteiger charge is -2.21. The van der Waals surface area contributed by atoms with Crippen molar-refractivity contribution in [3.05, 3.63) is 101 Å². The number of benzene rings is 3. The smallest absolute Gasteiger partial charge is 0.223 e. The number of hydrogen-bond donors (Lipinski definition) is 0. The molecule has 1 aromatic heterocycles. The molecule has 0 saturated heterocycles. The Morgan fingerprint density at radius 3 is 2.14 bits per heavy atom. The van der Waals surface area contributed by atoms with Crippen LogP contribution in [0.3, 0.4) is 0 Å². The van der Waals surface area contributed by atoms with E-state index in [-0.39, 0.29) is 10.8 Å². The molecule has 0 spiro atoms. The number of rotatable bonds is 6. The van der Waals surface area contributed by atoms with Crippen molar-refractivity contribution in [1.82, 2.24) is 15.0 Å². The zero-order chi connectivity index (χ0) is 26.2. The second-order valence-corrected chi connectivity index (χ2v) is 11.8. The van der Waals surface area contributed by atoms with Crippen molar-refractivity contribution in [3.63, 3.8) is 0 Å². The quantitative estimate of drug-likeness (QED) is 0.374. The monoisotopic (exact) mass is 516 g/mol. The van der Waals surface area contributed by atoms with Crippen LogP contribution in [0.15, 0.2) is 81.0 Å². The van der Waals surface area contributed by atoms with Crippen LogP contribution in [0.4, 0.5) is 5.69 Å². The molecular weight excluding hydrogens is 484 g/mol. The van der Waals surface area contributed by atoms with Gasteiger partial charge in [0, 0.05) is 34.1 Å². The minimum absolute atomic E-state index is 0.265. The van der Waals surface area contributed by atoms with Crippen LogP contribution in [0.2, 0.25) is 0 Å². The van der Waals surface area contributed by atoms with E-state index in [9.17, 15) is 8.42 Å². The van der Waals surface area contributed by atoms with Gasteiger partial charge in [-0.3, -0.25) is 0 Å². The number of hydrogen-bond acceptors (Lipinski definition) is 7. The van der Waals surface area contributed by atoms with Crippen LogP contribution in [0.1, 0.15) is 39.9 Å². The zero-order valence-electron chi connectivity index (χ0n) is 21.7. The van der Waals surface area contributed by atoms with Gasteiger partial charge in [0.2, 0.25) is 15.7 Å². The van der Waals surface area contributed by atoms with Crippen LogP contribution in [-0.2, 0) is 22.7 Å². The SMILES string of the molecule is Cc1nc(C(c2ccccc2)c2ccc(S(=O)(=O)c3cc4c(cc3N(C)C)CCN(C)CC4)cc2)no1. The lowest BCUT2D eigenvalue weighted by Crippen LogP contribution is -2.20. The van der Waals surface area contributed by atoms with Gasteiger partial charge in [0.05, 0.1) is 21.4 Å². The van der Waals surface area contributed by atoms with Gasteiger partial charge in [-0.15, -0.1) is 0 Å². The average molecular weight is 517 g/mol. The van der Waals surface area contributed by atoms with Crippen molar-refractivity contribution in [2.75, 3.05) is 39.1 Å². The van der Waals surface area contributed by atoms with E-state index < -0.39 is 9.84 Å². The summed E-state index contributed by atoms with van der Waals surface area (Å²) in [6.45, 7) is 3.64. The van der Waals surface area contributed by atoms with Crippen molar-refractivity contribution in [2.45, 2.75) is 35.5 Å². The lowest BCUT2D eigenvalue weighted by atomic mass is 9.91. The highest BCUT2D eigenvalue weighted by Gasteiger charge is 2.27. The first kappa shape index (κ1) is 25.2. The Morgan fingerprint density at radius 2 is 1.54 bits per heavy atom. The highest BCUT2D eigenvalue weighted by molar-refractivity contribution is 7.91. The van der Waals surface area contributed by atoms with Gasteiger partial charge in [-0.05, 0) is 66.4 Å². The number of sulfone groups is 1. The molecule has 0 amide bonds. The molecule has 1 atom stereocenters. The van der Waals surface area contributed by atoms with Gasteiger partial charge in [-0.2, -0.15) is 4.98 Å². The molecule has 192 valence electrons. The van der Waals surface area contributed by atoms with Crippen LogP contribution in [0, 0.1) is 6.92 Å². The summed E-state index contributed by atoms with van der Waals surface area (Å²) in [4.78, 5) is 9.25. The van der Waals surface area contributed by atoms with Gasteiger partial charge in [-0.1, -0.05) is 47.6 Å². The van der Waals surface area contributed by atoms with E-state index in [0.717, 1.165) is 48.3 Å². The van der Waals surface area contributed by atoms with Gasteiger partial charge >= 0.3 is 0 Å². The summed E-state index contributed by atoms with van der Waals surface area (Å²) >= 11 is 0. The fourth-order valence-corrected chi connectivity index (χ4v) is 6.52. The third kappa shape index (κ3) is 5.04. The molecule has 7 nitrogen and oxygen atoms in total. The van der Waals surface area contributed by atoms with Crippen LogP contribution in [-0.4, -0.2) is 57.7 Å². The molecule has 8 heteroatoms. The largest absolute Gasteiger partial charge is 0.377 e. The Labute approximate surface area is 218 Å². The fraction of sp³-hybridized carbons (Fsp3) is 0.310. The first-order chi connectivity index (χ1) is 17.7. The summed E-state index contributed by atoms with van der Waals surface area (Å²) in [7, 11) is 2.15. The lowest BCUT2D eigenvalue weighted by molar-refractivity contribution is 0.352. The van der Waals surface area contributed by atoms with E-state index in [4.69, 9.17) is 4.52 Å². The fourth-order valence-electron chi connectivity index (χ4n) is 4.95. The number of fused-ring (bicyclic) bond motifs is 1. The molecule has 3 aromatic carbocycles. The van der Waals surface area contributed by atoms with Crippen molar-refractivity contribution < 1.29 is 12.9 Å². The summed E-state index contributed by atoms with van der Waals surface area (Å²) in [5.74, 6) is 0.767. The second kappa shape index (κ2) is 10.1. The normalized spacial score (nSPS) is 15.1. The van der Waals surface area contributed by atoms with E-state index >= 15 is 0 Å². The maximum atomic E-state index is 13.9. The van der Waals surface area contributed by atoms with Gasteiger partial charge in [0.15, 0.2) is 5.82 Å². The summed E-state index contributed by atoms with van der Waals surface area (Å²) in [5.41, 5.74) is 4.95. The minimum Gasteiger partial charge on any atom is -0.377 e. The summed E-state index contributed by atoms with van der Waals surface area (Å²) < 4.78 is 33.1. The van der Waals surface area contributed by atoms with Crippen molar-refractivity contribution in [3.8, 4) is 0 Å². The Kier molecular flexibility index (Phi) is 6.88. The number of aryl methyl sites for hydroxylation is 1. The molecule has 0 fully saturated rings. The molecule has 0 N–H and O–H groups in total. The zero-order valence-corrected chi connectivity index (χ0v) is 22.5. The molecule has 1 aliphatic heterocycles. The molecule has 1 aliphatic rings. The Hall–Kier alpha value is -3.49. The van der Waals surface area contributed by atoms with Gasteiger partial charge in [-0.25, -0.2) is 8.42 Å². The molecule has 0 bridgehead atoms.